The molecule has 2 aromatic heterocycles. The van der Waals surface area contributed by atoms with Gasteiger partial charge in [0.15, 0.2) is 5.13 Å². The van der Waals surface area contributed by atoms with Crippen molar-refractivity contribution in [3.63, 3.8) is 0 Å². The van der Waals surface area contributed by atoms with Crippen LogP contribution in [0.5, 0.6) is 11.6 Å². The molecule has 134 valence electrons. The predicted octanol–water partition coefficient (Wildman–Crippen LogP) is 4.17. The summed E-state index contributed by atoms with van der Waals surface area (Å²) in [6.45, 7) is 4.39. The SMILES string of the molecule is CCOc1ccc(C(=O)Nc2nc(-c3ccc(OC)cc3)c(C)s2)cn1. The lowest BCUT2D eigenvalue weighted by Crippen LogP contribution is -2.12. The topological polar surface area (TPSA) is 73.3 Å². The number of nitrogens with zero attached hydrogens (tertiary/aromatic N) is 2. The maximum atomic E-state index is 12.4. The van der Waals surface area contributed by atoms with Crippen molar-refractivity contribution in [3.8, 4) is 22.9 Å². The standard InChI is InChI=1S/C19H19N3O3S/c1-4-25-16-10-7-14(11-20-16)18(23)22-19-21-17(12(2)26-19)13-5-8-15(24-3)9-6-13/h5-11H,4H2,1-3H3,(H,21,22,23). The lowest BCUT2D eigenvalue weighted by Gasteiger charge is -2.04. The van der Waals surface area contributed by atoms with Crippen LogP contribution in [0.1, 0.15) is 22.2 Å². The molecule has 0 spiro atoms. The number of nitrogens with one attached hydrogen (secondary N) is 1. The van der Waals surface area contributed by atoms with Gasteiger partial charge in [0.05, 0.1) is 25.0 Å². The highest BCUT2D eigenvalue weighted by Gasteiger charge is 2.14. The summed E-state index contributed by atoms with van der Waals surface area (Å²) in [4.78, 5) is 22.1. The fourth-order valence-corrected chi connectivity index (χ4v) is 3.21. The number of amides is 1. The van der Waals surface area contributed by atoms with Gasteiger partial charge in [0, 0.05) is 22.7 Å². The summed E-state index contributed by atoms with van der Waals surface area (Å²) in [6.07, 6.45) is 1.49. The number of ether oxygens (including phenoxy) is 2. The molecule has 2 heterocycles. The van der Waals surface area contributed by atoms with Crippen molar-refractivity contribution in [2.24, 2.45) is 0 Å². The van der Waals surface area contributed by atoms with Crippen LogP contribution in [-0.2, 0) is 0 Å². The zero-order valence-electron chi connectivity index (χ0n) is 14.8. The first-order valence-corrected chi connectivity index (χ1v) is 8.94. The van der Waals surface area contributed by atoms with Crippen molar-refractivity contribution in [3.05, 3.63) is 53.0 Å². The first-order valence-electron chi connectivity index (χ1n) is 8.12. The Morgan fingerprint density at radius 3 is 2.58 bits per heavy atom. The van der Waals surface area contributed by atoms with E-state index in [-0.39, 0.29) is 5.91 Å². The van der Waals surface area contributed by atoms with Crippen LogP contribution in [0, 0.1) is 6.92 Å². The molecule has 1 aromatic carbocycles. The van der Waals surface area contributed by atoms with Crippen LogP contribution in [0.4, 0.5) is 5.13 Å². The summed E-state index contributed by atoms with van der Waals surface area (Å²) in [5.74, 6) is 1.03. The molecule has 7 heteroatoms. The number of aryl methyl sites for hydroxylation is 1. The number of hydrogen-bond acceptors (Lipinski definition) is 6. The van der Waals surface area contributed by atoms with Crippen molar-refractivity contribution in [2.75, 3.05) is 19.0 Å². The van der Waals surface area contributed by atoms with Crippen LogP contribution in [0.25, 0.3) is 11.3 Å². The predicted molar refractivity (Wildman–Crippen MR) is 102 cm³/mol. The molecule has 1 N–H and O–H groups in total. The highest BCUT2D eigenvalue weighted by molar-refractivity contribution is 7.16. The Hall–Kier alpha value is -2.93. The Labute approximate surface area is 155 Å². The monoisotopic (exact) mass is 369 g/mol. The average molecular weight is 369 g/mol. The molecule has 3 aromatic rings. The Bertz CT molecular complexity index is 889. The van der Waals surface area contributed by atoms with E-state index in [4.69, 9.17) is 9.47 Å². The number of hydrogen-bond donors (Lipinski definition) is 1. The first kappa shape index (κ1) is 17.9. The number of rotatable bonds is 6. The normalized spacial score (nSPS) is 10.4. The van der Waals surface area contributed by atoms with E-state index in [1.54, 1.807) is 19.2 Å². The molecule has 0 aliphatic heterocycles. The highest BCUT2D eigenvalue weighted by Crippen LogP contribution is 2.31. The number of thiazole rings is 1. The van der Waals surface area contributed by atoms with Crippen molar-refractivity contribution in [2.45, 2.75) is 13.8 Å². The molecule has 0 saturated carbocycles. The smallest absolute Gasteiger partial charge is 0.259 e. The second-order valence-corrected chi connectivity index (χ2v) is 6.63. The maximum Gasteiger partial charge on any atom is 0.259 e. The molecule has 0 aliphatic carbocycles. The van der Waals surface area contributed by atoms with Crippen LogP contribution in [-0.4, -0.2) is 29.6 Å². The third kappa shape index (κ3) is 4.00. The van der Waals surface area contributed by atoms with E-state index >= 15 is 0 Å². The molecule has 26 heavy (non-hydrogen) atoms. The third-order valence-corrected chi connectivity index (χ3v) is 4.56. The van der Waals surface area contributed by atoms with Crippen LogP contribution < -0.4 is 14.8 Å². The van der Waals surface area contributed by atoms with Crippen molar-refractivity contribution in [1.82, 2.24) is 9.97 Å². The minimum atomic E-state index is -0.254. The summed E-state index contributed by atoms with van der Waals surface area (Å²) >= 11 is 1.43. The van der Waals surface area contributed by atoms with Gasteiger partial charge < -0.3 is 9.47 Å². The van der Waals surface area contributed by atoms with E-state index in [1.807, 2.05) is 38.1 Å². The summed E-state index contributed by atoms with van der Waals surface area (Å²) in [5, 5.41) is 3.37. The van der Waals surface area contributed by atoms with E-state index in [0.717, 1.165) is 21.9 Å². The van der Waals surface area contributed by atoms with Crippen LogP contribution >= 0.6 is 11.3 Å². The fourth-order valence-electron chi connectivity index (χ4n) is 2.38. The van der Waals surface area contributed by atoms with E-state index in [2.05, 4.69) is 15.3 Å². The molecular formula is C19H19N3O3S. The van der Waals surface area contributed by atoms with Gasteiger partial charge in [-0.25, -0.2) is 9.97 Å². The van der Waals surface area contributed by atoms with E-state index in [0.29, 0.717) is 23.2 Å². The van der Waals surface area contributed by atoms with Crippen molar-refractivity contribution >= 4 is 22.4 Å². The molecule has 0 fully saturated rings. The summed E-state index contributed by atoms with van der Waals surface area (Å²) in [5.41, 5.74) is 2.27. The number of anilines is 1. The van der Waals surface area contributed by atoms with Crippen molar-refractivity contribution in [1.29, 1.82) is 0 Å². The Morgan fingerprint density at radius 1 is 1.19 bits per heavy atom. The fraction of sp³-hybridized carbons (Fsp3) is 0.211. The van der Waals surface area contributed by atoms with E-state index in [9.17, 15) is 4.79 Å². The van der Waals surface area contributed by atoms with Gasteiger partial charge in [-0.05, 0) is 44.2 Å². The molecule has 0 saturated heterocycles. The molecular weight excluding hydrogens is 350 g/mol. The second-order valence-electron chi connectivity index (χ2n) is 5.42. The lowest BCUT2D eigenvalue weighted by atomic mass is 10.1. The van der Waals surface area contributed by atoms with E-state index in [1.165, 1.54) is 17.5 Å². The van der Waals surface area contributed by atoms with Crippen LogP contribution in [0.3, 0.4) is 0 Å². The van der Waals surface area contributed by atoms with Crippen molar-refractivity contribution < 1.29 is 14.3 Å². The van der Waals surface area contributed by atoms with Gasteiger partial charge >= 0.3 is 0 Å². The van der Waals surface area contributed by atoms with Gasteiger partial charge in [0.1, 0.15) is 5.75 Å². The summed E-state index contributed by atoms with van der Waals surface area (Å²) < 4.78 is 10.5. The quantitative estimate of drug-likeness (QED) is 0.706. The molecule has 3 rings (SSSR count). The molecule has 0 radical (unpaired) electrons. The number of aromatic nitrogens is 2. The van der Waals surface area contributed by atoms with Gasteiger partial charge in [0.25, 0.3) is 5.91 Å². The molecule has 1 amide bonds. The van der Waals surface area contributed by atoms with Gasteiger partial charge in [0.2, 0.25) is 5.88 Å². The molecule has 6 nitrogen and oxygen atoms in total. The molecule has 0 bridgehead atoms. The third-order valence-electron chi connectivity index (χ3n) is 3.67. The van der Waals surface area contributed by atoms with Gasteiger partial charge in [-0.15, -0.1) is 11.3 Å². The Balaban J connectivity index is 1.74. The molecule has 0 unspecified atom stereocenters. The lowest BCUT2D eigenvalue weighted by molar-refractivity contribution is 0.102. The van der Waals surface area contributed by atoms with Gasteiger partial charge in [-0.3, -0.25) is 10.1 Å². The van der Waals surface area contributed by atoms with Crippen LogP contribution in [0.15, 0.2) is 42.6 Å². The Kier molecular flexibility index (Phi) is 5.48. The minimum absolute atomic E-state index is 0.254. The number of carbonyl (C=O) groups excluding carboxylic acids is 1. The zero-order valence-corrected chi connectivity index (χ0v) is 15.6. The second kappa shape index (κ2) is 7.97. The molecule has 0 atom stereocenters. The summed E-state index contributed by atoms with van der Waals surface area (Å²) in [6, 6.07) is 11.0. The largest absolute Gasteiger partial charge is 0.497 e. The van der Waals surface area contributed by atoms with Crippen LogP contribution in [0.2, 0.25) is 0 Å². The number of benzene rings is 1. The minimum Gasteiger partial charge on any atom is -0.497 e. The Morgan fingerprint density at radius 2 is 1.96 bits per heavy atom. The number of carbonyl (C=O) groups is 1. The average Bonchev–Trinajstić information content (AvgIpc) is 3.02. The van der Waals surface area contributed by atoms with Gasteiger partial charge in [-0.1, -0.05) is 0 Å². The van der Waals surface area contributed by atoms with Gasteiger partial charge in [-0.2, -0.15) is 0 Å². The first-order chi connectivity index (χ1) is 12.6. The number of methoxy groups -OCH3 is 1. The summed E-state index contributed by atoms with van der Waals surface area (Å²) in [7, 11) is 1.63. The maximum absolute atomic E-state index is 12.4. The molecule has 0 aliphatic rings. The van der Waals surface area contributed by atoms with E-state index < -0.39 is 0 Å². The number of pyridine rings is 1. The zero-order chi connectivity index (χ0) is 18.5. The highest BCUT2D eigenvalue weighted by atomic mass is 32.1.